The Hall–Kier alpha value is -2.53. The zero-order valence-electron chi connectivity index (χ0n) is 15.6. The van der Waals surface area contributed by atoms with Crippen molar-refractivity contribution in [3.8, 4) is 0 Å². The topological polar surface area (TPSA) is 113 Å². The summed E-state index contributed by atoms with van der Waals surface area (Å²) in [5.74, 6) is -2.39. The van der Waals surface area contributed by atoms with Crippen LogP contribution in [0.4, 0.5) is 4.39 Å². The fourth-order valence-corrected chi connectivity index (χ4v) is 4.37. The molecule has 1 saturated heterocycles. The molecule has 1 aliphatic heterocycles. The molecule has 0 spiro atoms. The second-order valence-corrected chi connectivity index (χ2v) is 8.15. The van der Waals surface area contributed by atoms with Gasteiger partial charge in [0.25, 0.3) is 5.91 Å². The molecule has 2 rings (SSSR count). The lowest BCUT2D eigenvalue weighted by molar-refractivity contribution is -0.154. The molecule has 2 amide bonds. The third kappa shape index (κ3) is 5.04. The first-order valence-electron chi connectivity index (χ1n) is 8.55. The van der Waals surface area contributed by atoms with Gasteiger partial charge in [-0.15, -0.1) is 0 Å². The molecular formula is C17H22FN3O6S. The standard InChI is InChI=1S/C17H22FN3O6S/c1-19-15(22)10-20(2)16(23)11-27-17(24)14-4-3-9-21(14)28(25,26)13-7-5-12(18)6-8-13/h5-8,14H,3-4,9-11H2,1-2H3,(H,19,22)/t14-/m0/s1. The molecule has 1 atom stereocenters. The number of amides is 2. The number of likely N-dealkylation sites (N-methyl/N-ethyl adjacent to an activating group) is 2. The van der Waals surface area contributed by atoms with Crippen molar-refractivity contribution in [1.82, 2.24) is 14.5 Å². The molecule has 0 aromatic heterocycles. The highest BCUT2D eigenvalue weighted by atomic mass is 32.2. The molecule has 1 aromatic rings. The number of nitrogens with one attached hydrogen (secondary N) is 1. The number of benzene rings is 1. The number of rotatable bonds is 7. The summed E-state index contributed by atoms with van der Waals surface area (Å²) in [6.07, 6.45) is 0.701. The van der Waals surface area contributed by atoms with E-state index in [9.17, 15) is 27.2 Å². The molecule has 1 heterocycles. The number of sulfonamides is 1. The quantitative estimate of drug-likeness (QED) is 0.613. The van der Waals surface area contributed by atoms with Gasteiger partial charge in [-0.25, -0.2) is 12.8 Å². The lowest BCUT2D eigenvalue weighted by Crippen LogP contribution is -2.43. The summed E-state index contributed by atoms with van der Waals surface area (Å²) < 4.78 is 44.5. The number of ether oxygens (including phenoxy) is 1. The minimum absolute atomic E-state index is 0.115. The average Bonchev–Trinajstić information content (AvgIpc) is 3.16. The van der Waals surface area contributed by atoms with Crippen LogP contribution in [0.15, 0.2) is 29.2 Å². The van der Waals surface area contributed by atoms with E-state index < -0.39 is 40.4 Å². The van der Waals surface area contributed by atoms with Crippen LogP contribution in [0.25, 0.3) is 0 Å². The van der Waals surface area contributed by atoms with Gasteiger partial charge < -0.3 is 15.0 Å². The summed E-state index contributed by atoms with van der Waals surface area (Å²) in [6, 6.07) is 3.24. The molecule has 0 aliphatic carbocycles. The molecule has 154 valence electrons. The highest BCUT2D eigenvalue weighted by Gasteiger charge is 2.40. The first-order valence-corrected chi connectivity index (χ1v) is 9.99. The van der Waals surface area contributed by atoms with Crippen molar-refractivity contribution < 1.29 is 31.9 Å². The van der Waals surface area contributed by atoms with Gasteiger partial charge in [-0.05, 0) is 37.1 Å². The van der Waals surface area contributed by atoms with Gasteiger partial charge in [0.2, 0.25) is 15.9 Å². The van der Waals surface area contributed by atoms with Crippen molar-refractivity contribution in [2.45, 2.75) is 23.8 Å². The molecule has 1 fully saturated rings. The van der Waals surface area contributed by atoms with Crippen molar-refractivity contribution in [2.24, 2.45) is 0 Å². The highest BCUT2D eigenvalue weighted by Crippen LogP contribution is 2.27. The van der Waals surface area contributed by atoms with E-state index in [4.69, 9.17) is 4.74 Å². The molecule has 1 N–H and O–H groups in total. The third-order valence-corrected chi connectivity index (χ3v) is 6.24. The Morgan fingerprint density at radius 3 is 2.54 bits per heavy atom. The van der Waals surface area contributed by atoms with Gasteiger partial charge in [0.15, 0.2) is 6.61 Å². The van der Waals surface area contributed by atoms with Gasteiger partial charge >= 0.3 is 5.97 Å². The Bertz CT molecular complexity index is 843. The third-order valence-electron chi connectivity index (χ3n) is 4.32. The predicted octanol–water partition coefficient (Wildman–Crippen LogP) is -0.274. The Kier molecular flexibility index (Phi) is 7.08. The van der Waals surface area contributed by atoms with E-state index in [1.54, 1.807) is 0 Å². The number of nitrogens with zero attached hydrogens (tertiary/aromatic N) is 2. The van der Waals surface area contributed by atoms with Crippen molar-refractivity contribution in [3.05, 3.63) is 30.1 Å². The Balaban J connectivity index is 2.01. The molecule has 28 heavy (non-hydrogen) atoms. The molecule has 11 heteroatoms. The van der Waals surface area contributed by atoms with E-state index in [1.807, 2.05) is 0 Å². The van der Waals surface area contributed by atoms with E-state index in [2.05, 4.69) is 5.32 Å². The van der Waals surface area contributed by atoms with Gasteiger partial charge in [0, 0.05) is 20.6 Å². The summed E-state index contributed by atoms with van der Waals surface area (Å²) in [4.78, 5) is 36.5. The van der Waals surface area contributed by atoms with E-state index >= 15 is 0 Å². The van der Waals surface area contributed by atoms with E-state index in [0.717, 1.165) is 33.5 Å². The van der Waals surface area contributed by atoms with Crippen molar-refractivity contribution in [1.29, 1.82) is 0 Å². The first kappa shape index (κ1) is 21.8. The second-order valence-electron chi connectivity index (χ2n) is 6.26. The number of hydrogen-bond acceptors (Lipinski definition) is 6. The summed E-state index contributed by atoms with van der Waals surface area (Å²) in [5, 5.41) is 2.36. The van der Waals surface area contributed by atoms with E-state index in [0.29, 0.717) is 6.42 Å². The summed E-state index contributed by atoms with van der Waals surface area (Å²) in [6.45, 7) is -0.682. The lowest BCUT2D eigenvalue weighted by Gasteiger charge is -2.23. The predicted molar refractivity (Wildman–Crippen MR) is 96.0 cm³/mol. The maximum absolute atomic E-state index is 13.1. The molecule has 1 aliphatic rings. The second kappa shape index (κ2) is 9.11. The Morgan fingerprint density at radius 1 is 1.29 bits per heavy atom. The minimum Gasteiger partial charge on any atom is -0.454 e. The zero-order valence-corrected chi connectivity index (χ0v) is 16.4. The van der Waals surface area contributed by atoms with Crippen LogP contribution in [0.5, 0.6) is 0 Å². The van der Waals surface area contributed by atoms with Crippen LogP contribution in [0.1, 0.15) is 12.8 Å². The van der Waals surface area contributed by atoms with Crippen LogP contribution >= 0.6 is 0 Å². The minimum atomic E-state index is -4.01. The van der Waals surface area contributed by atoms with Gasteiger partial charge in [-0.2, -0.15) is 4.31 Å². The fraction of sp³-hybridized carbons (Fsp3) is 0.471. The largest absolute Gasteiger partial charge is 0.454 e. The van der Waals surface area contributed by atoms with Crippen LogP contribution < -0.4 is 5.32 Å². The molecule has 0 bridgehead atoms. The SMILES string of the molecule is CNC(=O)CN(C)C(=O)COC(=O)[C@@H]1CCCN1S(=O)(=O)c1ccc(F)cc1. The number of carbonyl (C=O) groups excluding carboxylic acids is 3. The van der Waals surface area contributed by atoms with Crippen LogP contribution in [-0.2, 0) is 29.1 Å². The summed E-state index contributed by atoms with van der Waals surface area (Å²) >= 11 is 0. The average molecular weight is 415 g/mol. The van der Waals surface area contributed by atoms with Gasteiger partial charge in [-0.3, -0.25) is 14.4 Å². The van der Waals surface area contributed by atoms with Crippen LogP contribution in [-0.4, -0.2) is 75.2 Å². The number of esters is 1. The molecule has 9 nitrogen and oxygen atoms in total. The number of halogens is 1. The smallest absolute Gasteiger partial charge is 0.324 e. The Morgan fingerprint density at radius 2 is 1.93 bits per heavy atom. The Labute approximate surface area is 162 Å². The maximum Gasteiger partial charge on any atom is 0.324 e. The molecular weight excluding hydrogens is 393 g/mol. The number of carbonyl (C=O) groups is 3. The van der Waals surface area contributed by atoms with Crippen LogP contribution in [0.2, 0.25) is 0 Å². The van der Waals surface area contributed by atoms with Crippen molar-refractivity contribution in [2.75, 3.05) is 33.8 Å². The molecule has 0 radical (unpaired) electrons. The van der Waals surface area contributed by atoms with Crippen LogP contribution in [0, 0.1) is 5.82 Å². The maximum atomic E-state index is 13.1. The zero-order chi connectivity index (χ0) is 20.9. The van der Waals surface area contributed by atoms with E-state index in [-0.39, 0.29) is 30.3 Å². The van der Waals surface area contributed by atoms with Crippen molar-refractivity contribution >= 4 is 27.8 Å². The highest BCUT2D eigenvalue weighted by molar-refractivity contribution is 7.89. The summed E-state index contributed by atoms with van der Waals surface area (Å²) in [5.41, 5.74) is 0. The lowest BCUT2D eigenvalue weighted by atomic mass is 10.2. The first-order chi connectivity index (χ1) is 13.2. The fourth-order valence-electron chi connectivity index (χ4n) is 2.73. The van der Waals surface area contributed by atoms with Gasteiger partial charge in [0.05, 0.1) is 11.4 Å². The summed E-state index contributed by atoms with van der Waals surface area (Å²) in [7, 11) is -1.20. The van der Waals surface area contributed by atoms with E-state index in [1.165, 1.54) is 14.1 Å². The monoisotopic (exact) mass is 415 g/mol. The van der Waals surface area contributed by atoms with Gasteiger partial charge in [-0.1, -0.05) is 0 Å². The molecule has 0 saturated carbocycles. The normalized spacial score (nSPS) is 17.2. The van der Waals surface area contributed by atoms with Gasteiger partial charge in [0.1, 0.15) is 11.9 Å². The van der Waals surface area contributed by atoms with Crippen molar-refractivity contribution in [3.63, 3.8) is 0 Å². The van der Waals surface area contributed by atoms with Crippen LogP contribution in [0.3, 0.4) is 0 Å². The molecule has 1 aromatic carbocycles. The number of hydrogen-bond donors (Lipinski definition) is 1. The molecule has 0 unspecified atom stereocenters.